The lowest BCUT2D eigenvalue weighted by molar-refractivity contribution is -0.558. The minimum atomic E-state index is 0.245. The van der Waals surface area contributed by atoms with E-state index >= 15 is 0 Å². The van der Waals surface area contributed by atoms with Crippen molar-refractivity contribution < 1.29 is 9.37 Å². The highest BCUT2D eigenvalue weighted by Crippen LogP contribution is 2.17. The molecule has 0 saturated carbocycles. The van der Waals surface area contributed by atoms with Gasteiger partial charge in [-0.3, -0.25) is 4.79 Å². The molecule has 1 heterocycles. The van der Waals surface area contributed by atoms with Crippen LogP contribution >= 0.6 is 0 Å². The van der Waals surface area contributed by atoms with Crippen molar-refractivity contribution in [3.8, 4) is 0 Å². The highest BCUT2D eigenvalue weighted by molar-refractivity contribution is 5.75. The smallest absolute Gasteiger partial charge is 0.220 e. The molecule has 0 aliphatic carbocycles. The summed E-state index contributed by atoms with van der Waals surface area (Å²) in [5, 5.41) is 6.84. The van der Waals surface area contributed by atoms with E-state index < -0.39 is 0 Å². The second-order valence-corrected chi connectivity index (χ2v) is 17.0. The maximum atomic E-state index is 12.4. The molecule has 1 rings (SSSR count). The van der Waals surface area contributed by atoms with Gasteiger partial charge in [-0.15, -0.1) is 0 Å². The van der Waals surface area contributed by atoms with E-state index in [4.69, 9.17) is 0 Å². The maximum Gasteiger partial charge on any atom is 0.220 e. The first-order valence-electron chi connectivity index (χ1n) is 24.4. The first-order chi connectivity index (χ1) is 25.8. The largest absolute Gasteiger partial charge is 0.350 e. The predicted molar refractivity (Wildman–Crippen MR) is 232 cm³/mol. The molecule has 0 bridgehead atoms. The van der Waals surface area contributed by atoms with Crippen LogP contribution in [0.1, 0.15) is 271 Å². The summed E-state index contributed by atoms with van der Waals surface area (Å²) in [6.07, 6.45) is 58.3. The van der Waals surface area contributed by atoms with Gasteiger partial charge in [-0.2, -0.15) is 0 Å². The first kappa shape index (κ1) is 49.1. The summed E-state index contributed by atoms with van der Waals surface area (Å²) in [4.78, 5) is 12.4. The molecule has 2 N–H and O–H groups in total. The first-order valence-corrected chi connectivity index (χ1v) is 24.4. The maximum absolute atomic E-state index is 12.4. The Bertz CT molecular complexity index is 752. The van der Waals surface area contributed by atoms with Crippen LogP contribution in [0.15, 0.2) is 0 Å². The number of hydrogen-bond donors (Lipinski definition) is 2. The molecule has 52 heavy (non-hydrogen) atoms. The van der Waals surface area contributed by atoms with Crippen LogP contribution in [-0.2, 0) is 4.79 Å². The van der Waals surface area contributed by atoms with Crippen molar-refractivity contribution in [2.75, 3.05) is 19.6 Å². The summed E-state index contributed by atoms with van der Waals surface area (Å²) in [5.41, 5.74) is 0. The highest BCUT2D eigenvalue weighted by Gasteiger charge is 2.24. The van der Waals surface area contributed by atoms with Gasteiger partial charge in [0.2, 0.25) is 12.1 Å². The van der Waals surface area contributed by atoms with Crippen LogP contribution in [0, 0.1) is 0 Å². The molecule has 0 radical (unpaired) electrons. The Balaban J connectivity index is 1.80. The van der Waals surface area contributed by atoms with E-state index in [0.29, 0.717) is 12.6 Å². The van der Waals surface area contributed by atoms with Crippen LogP contribution < -0.4 is 10.6 Å². The second-order valence-electron chi connectivity index (χ2n) is 17.0. The molecule has 4 heteroatoms. The lowest BCUT2D eigenvalue weighted by atomic mass is 10.0. The van der Waals surface area contributed by atoms with Crippen molar-refractivity contribution in [2.45, 2.75) is 277 Å². The quantitative estimate of drug-likeness (QED) is 0.0485. The van der Waals surface area contributed by atoms with Crippen LogP contribution in [0.3, 0.4) is 0 Å². The van der Waals surface area contributed by atoms with Gasteiger partial charge in [0.25, 0.3) is 0 Å². The molecule has 0 fully saturated rings. The van der Waals surface area contributed by atoms with Crippen molar-refractivity contribution in [3.05, 3.63) is 0 Å². The second kappa shape index (κ2) is 41.3. The molecule has 4 nitrogen and oxygen atoms in total. The molecule has 1 amide bonds. The van der Waals surface area contributed by atoms with Gasteiger partial charge in [-0.1, -0.05) is 245 Å². The van der Waals surface area contributed by atoms with E-state index in [0.717, 1.165) is 26.1 Å². The van der Waals surface area contributed by atoms with Crippen molar-refractivity contribution >= 4 is 12.1 Å². The zero-order valence-corrected chi connectivity index (χ0v) is 35.9. The molecule has 1 aliphatic heterocycles. The number of nitrogens with zero attached hydrogens (tertiary/aromatic N) is 1. The van der Waals surface area contributed by atoms with Crippen LogP contribution in [0.4, 0.5) is 0 Å². The van der Waals surface area contributed by atoms with Gasteiger partial charge in [0.05, 0.1) is 13.1 Å². The van der Waals surface area contributed by atoms with Gasteiger partial charge in [0, 0.05) is 12.8 Å². The standard InChI is InChI=1S/C48H95N3O/c1-3-5-7-9-11-13-15-17-19-21-23-25-27-29-31-33-35-37-39-41-47-49-43-45-51(47)46-44-50-48(52)42-40-38-36-34-32-30-28-26-24-22-20-18-16-14-12-10-8-6-4-2/h45,47,49H,3-44,46H2,1-2H3/p+1. The van der Waals surface area contributed by atoms with Gasteiger partial charge in [-0.25, -0.2) is 9.89 Å². The van der Waals surface area contributed by atoms with Gasteiger partial charge < -0.3 is 5.32 Å². The average Bonchev–Trinajstić information content (AvgIpc) is 3.60. The molecule has 0 aromatic carbocycles. The molecule has 0 saturated heterocycles. The summed E-state index contributed by atoms with van der Waals surface area (Å²) in [5.74, 6) is 0.245. The minimum Gasteiger partial charge on any atom is -0.350 e. The van der Waals surface area contributed by atoms with Gasteiger partial charge >= 0.3 is 0 Å². The van der Waals surface area contributed by atoms with Crippen molar-refractivity contribution in [1.82, 2.24) is 10.6 Å². The molecular formula is C48H96N3O+. The summed E-state index contributed by atoms with van der Waals surface area (Å²) < 4.78 is 2.44. The van der Waals surface area contributed by atoms with Crippen LogP contribution in [-0.4, -0.2) is 42.5 Å². The Labute approximate surface area is 327 Å². The number of hydrogen-bond acceptors (Lipinski definition) is 2. The number of nitrogens with one attached hydrogen (secondary N) is 2. The lowest BCUT2D eigenvalue weighted by Crippen LogP contribution is -2.37. The van der Waals surface area contributed by atoms with Crippen LogP contribution in [0.5, 0.6) is 0 Å². The molecule has 1 aliphatic rings. The normalized spacial score (nSPS) is 14.3. The minimum absolute atomic E-state index is 0.245. The van der Waals surface area contributed by atoms with Crippen molar-refractivity contribution in [2.24, 2.45) is 0 Å². The Morgan fingerprint density at radius 3 is 1.13 bits per heavy atom. The van der Waals surface area contributed by atoms with Gasteiger partial charge in [0.15, 0.2) is 12.8 Å². The summed E-state index contributed by atoms with van der Waals surface area (Å²) in [6, 6.07) is 0. The van der Waals surface area contributed by atoms with Crippen molar-refractivity contribution in [3.63, 3.8) is 0 Å². The molecule has 0 aromatic heterocycles. The zero-order chi connectivity index (χ0) is 37.3. The number of carbonyl (C=O) groups excluding carboxylic acids is 1. The summed E-state index contributed by atoms with van der Waals surface area (Å²) in [6.45, 7) is 7.27. The third-order valence-electron chi connectivity index (χ3n) is 11.9. The molecule has 308 valence electrons. The molecule has 1 atom stereocenters. The molecular weight excluding hydrogens is 635 g/mol. The fourth-order valence-corrected chi connectivity index (χ4v) is 8.26. The number of rotatable bonds is 43. The van der Waals surface area contributed by atoms with E-state index in [1.165, 1.54) is 244 Å². The highest BCUT2D eigenvalue weighted by atomic mass is 16.1. The lowest BCUT2D eigenvalue weighted by Gasteiger charge is -2.12. The Kier molecular flexibility index (Phi) is 39.0. The molecule has 1 unspecified atom stereocenters. The average molecular weight is 731 g/mol. The third-order valence-corrected chi connectivity index (χ3v) is 11.9. The Hall–Kier alpha value is -0.900. The number of carbonyl (C=O) groups is 1. The van der Waals surface area contributed by atoms with E-state index in [1.54, 1.807) is 0 Å². The fourth-order valence-electron chi connectivity index (χ4n) is 8.26. The monoisotopic (exact) mass is 731 g/mol. The predicted octanol–water partition coefficient (Wildman–Crippen LogP) is 14.8. The number of amides is 1. The van der Waals surface area contributed by atoms with E-state index in [2.05, 4.69) is 35.3 Å². The Morgan fingerprint density at radius 1 is 0.481 bits per heavy atom. The number of unbranched alkanes of at least 4 members (excludes halogenated alkanes) is 36. The molecule has 0 aromatic rings. The topological polar surface area (TPSA) is 44.1 Å². The van der Waals surface area contributed by atoms with E-state index in [9.17, 15) is 4.79 Å². The Morgan fingerprint density at radius 2 is 0.788 bits per heavy atom. The van der Waals surface area contributed by atoms with Crippen LogP contribution in [0.2, 0.25) is 0 Å². The fraction of sp³-hybridized carbons (Fsp3) is 0.958. The SMILES string of the molecule is CCCCCCCCCCCCCCCCCCCCCC(=O)NCC[N+]1=CCNC1CCCCCCCCCCCCCCCCCCCCC. The van der Waals surface area contributed by atoms with Gasteiger partial charge in [-0.05, 0) is 12.8 Å². The van der Waals surface area contributed by atoms with Gasteiger partial charge in [0.1, 0.15) is 0 Å². The summed E-state index contributed by atoms with van der Waals surface area (Å²) >= 11 is 0. The van der Waals surface area contributed by atoms with E-state index in [1.807, 2.05) is 0 Å². The summed E-state index contributed by atoms with van der Waals surface area (Å²) in [7, 11) is 0. The molecule has 0 spiro atoms. The third kappa shape index (κ3) is 34.8. The van der Waals surface area contributed by atoms with Crippen LogP contribution in [0.25, 0.3) is 0 Å². The van der Waals surface area contributed by atoms with Crippen molar-refractivity contribution in [1.29, 1.82) is 0 Å². The van der Waals surface area contributed by atoms with E-state index in [-0.39, 0.29) is 5.91 Å². The zero-order valence-electron chi connectivity index (χ0n) is 35.9.